The molecule has 0 bridgehead atoms. The summed E-state index contributed by atoms with van der Waals surface area (Å²) in [6.45, 7) is 7.53. The molecule has 2 heterocycles. The Morgan fingerprint density at radius 1 is 1.03 bits per heavy atom. The second-order valence-corrected chi connectivity index (χ2v) is 8.99. The van der Waals surface area contributed by atoms with Gasteiger partial charge in [-0.3, -0.25) is 14.6 Å². The van der Waals surface area contributed by atoms with Crippen molar-refractivity contribution in [3.63, 3.8) is 0 Å². The molecule has 3 rings (SSSR count). The number of aliphatic carboxylic acids is 1. The Labute approximate surface area is 192 Å². The molecular formula is C23H32F3N3O4. The summed E-state index contributed by atoms with van der Waals surface area (Å²) in [6, 6.07) is 6.31. The van der Waals surface area contributed by atoms with Gasteiger partial charge in [-0.15, -0.1) is 0 Å². The molecule has 1 unspecified atom stereocenters. The number of nitrogens with zero attached hydrogens (tertiary/aromatic N) is 3. The van der Waals surface area contributed by atoms with Crippen molar-refractivity contribution in [1.82, 2.24) is 14.7 Å². The predicted molar refractivity (Wildman–Crippen MR) is 116 cm³/mol. The van der Waals surface area contributed by atoms with E-state index in [0.717, 1.165) is 32.1 Å². The lowest BCUT2D eigenvalue weighted by Crippen LogP contribution is -2.49. The van der Waals surface area contributed by atoms with Crippen LogP contribution in [0.25, 0.3) is 0 Å². The van der Waals surface area contributed by atoms with Crippen molar-refractivity contribution in [2.24, 2.45) is 5.92 Å². The number of ether oxygens (including phenoxy) is 1. The van der Waals surface area contributed by atoms with Crippen LogP contribution in [0.1, 0.15) is 36.5 Å². The third-order valence-electron chi connectivity index (χ3n) is 6.46. The van der Waals surface area contributed by atoms with Crippen LogP contribution in [0, 0.1) is 12.8 Å². The molecule has 0 spiro atoms. The fourth-order valence-electron chi connectivity index (χ4n) is 4.26. The van der Waals surface area contributed by atoms with Crippen molar-refractivity contribution in [2.75, 3.05) is 39.3 Å². The Morgan fingerprint density at radius 2 is 1.61 bits per heavy atom. The van der Waals surface area contributed by atoms with Crippen LogP contribution in [0.3, 0.4) is 0 Å². The zero-order chi connectivity index (χ0) is 24.2. The highest BCUT2D eigenvalue weighted by atomic mass is 19.4. The fourth-order valence-corrected chi connectivity index (χ4v) is 4.26. The van der Waals surface area contributed by atoms with Gasteiger partial charge in [0.15, 0.2) is 6.10 Å². The summed E-state index contributed by atoms with van der Waals surface area (Å²) in [4.78, 5) is 29.0. The number of carbonyl (C=O) groups excluding carboxylic acids is 1. The number of likely N-dealkylation sites (tertiary alicyclic amines) is 1. The normalized spacial score (nSPS) is 20.0. The lowest BCUT2D eigenvalue weighted by Gasteiger charge is -2.35. The molecule has 1 amide bonds. The molecule has 2 aliphatic rings. The van der Waals surface area contributed by atoms with Gasteiger partial charge in [0.05, 0.1) is 5.92 Å². The number of carbonyl (C=O) groups is 2. The van der Waals surface area contributed by atoms with Crippen molar-refractivity contribution < 1.29 is 32.6 Å². The van der Waals surface area contributed by atoms with Crippen molar-refractivity contribution in [3.8, 4) is 0 Å². The van der Waals surface area contributed by atoms with Crippen LogP contribution >= 0.6 is 0 Å². The van der Waals surface area contributed by atoms with Crippen molar-refractivity contribution in [2.45, 2.75) is 52.1 Å². The van der Waals surface area contributed by atoms with E-state index in [-0.39, 0.29) is 5.92 Å². The van der Waals surface area contributed by atoms with Gasteiger partial charge in [0, 0.05) is 39.3 Å². The lowest BCUT2D eigenvalue weighted by molar-refractivity contribution is -0.200. The van der Waals surface area contributed by atoms with Gasteiger partial charge in [-0.1, -0.05) is 23.8 Å². The lowest BCUT2D eigenvalue weighted by atomic mass is 9.96. The number of alkyl halides is 3. The van der Waals surface area contributed by atoms with Crippen molar-refractivity contribution in [1.29, 1.82) is 0 Å². The molecular weight excluding hydrogens is 439 g/mol. The molecule has 184 valence electrons. The van der Waals surface area contributed by atoms with E-state index >= 15 is 0 Å². The van der Waals surface area contributed by atoms with E-state index in [4.69, 9.17) is 0 Å². The zero-order valence-corrected chi connectivity index (χ0v) is 19.1. The van der Waals surface area contributed by atoms with Crippen molar-refractivity contribution >= 4 is 12.1 Å². The third-order valence-corrected chi connectivity index (χ3v) is 6.46. The number of piperazine rings is 1. The number of amides is 1. The van der Waals surface area contributed by atoms with E-state index in [2.05, 4.69) is 32.7 Å². The van der Waals surface area contributed by atoms with Gasteiger partial charge in [0.25, 0.3) is 0 Å². The maximum absolute atomic E-state index is 12.6. The second-order valence-electron chi connectivity index (χ2n) is 8.99. The fraction of sp³-hybridized carbons (Fsp3) is 0.652. The molecule has 1 N–H and O–H groups in total. The molecule has 1 aromatic carbocycles. The highest BCUT2D eigenvalue weighted by molar-refractivity contribution is 5.70. The first-order valence-corrected chi connectivity index (χ1v) is 11.3. The van der Waals surface area contributed by atoms with Crippen LogP contribution in [-0.2, 0) is 22.6 Å². The van der Waals surface area contributed by atoms with Gasteiger partial charge in [-0.25, -0.2) is 4.79 Å². The number of rotatable bonds is 6. The highest BCUT2D eigenvalue weighted by Crippen LogP contribution is 2.24. The number of benzene rings is 1. The molecule has 0 saturated carbocycles. The quantitative estimate of drug-likeness (QED) is 0.685. The summed E-state index contributed by atoms with van der Waals surface area (Å²) in [6.07, 6.45) is -6.32. The van der Waals surface area contributed by atoms with Gasteiger partial charge in [-0.05, 0) is 50.9 Å². The molecule has 2 aliphatic heterocycles. The Hall–Kier alpha value is -2.33. The molecule has 7 nitrogen and oxygen atoms in total. The molecule has 33 heavy (non-hydrogen) atoms. The maximum Gasteiger partial charge on any atom is 0.425 e. The summed E-state index contributed by atoms with van der Waals surface area (Å²) < 4.78 is 42.5. The molecule has 0 aromatic heterocycles. The standard InChI is InChI=1S/C23H32F3N3O4/c1-16-3-4-19(20(13-16)15-27-7-5-18(6-8-27)21(30)31)14-28-9-11-29(12-10-28)22(32)33-17(2)23(24,25)26/h3-4,13,17-18H,5-12,14-15H2,1-2H3,(H,30,31). The van der Waals surface area contributed by atoms with Gasteiger partial charge < -0.3 is 14.7 Å². The smallest absolute Gasteiger partial charge is 0.425 e. The highest BCUT2D eigenvalue weighted by Gasteiger charge is 2.40. The number of hydrogen-bond acceptors (Lipinski definition) is 5. The van der Waals surface area contributed by atoms with Crippen LogP contribution in [0.2, 0.25) is 0 Å². The summed E-state index contributed by atoms with van der Waals surface area (Å²) in [7, 11) is 0. The minimum absolute atomic E-state index is 0.264. The SMILES string of the molecule is Cc1ccc(CN2CCN(C(=O)OC(C)C(F)(F)F)CC2)c(CN2CCC(C(=O)O)CC2)c1. The second kappa shape index (κ2) is 10.7. The van der Waals surface area contributed by atoms with E-state index in [1.165, 1.54) is 16.0 Å². The van der Waals surface area contributed by atoms with Crippen LogP contribution in [0.15, 0.2) is 18.2 Å². The minimum atomic E-state index is -4.57. The first-order chi connectivity index (χ1) is 15.5. The zero-order valence-electron chi connectivity index (χ0n) is 19.1. The summed E-state index contributed by atoms with van der Waals surface area (Å²) in [5, 5.41) is 9.20. The van der Waals surface area contributed by atoms with Crippen LogP contribution in [0.4, 0.5) is 18.0 Å². The van der Waals surface area contributed by atoms with Crippen LogP contribution < -0.4 is 0 Å². The van der Waals surface area contributed by atoms with E-state index in [1.807, 2.05) is 6.92 Å². The summed E-state index contributed by atoms with van der Waals surface area (Å²) >= 11 is 0. The minimum Gasteiger partial charge on any atom is -0.481 e. The van der Waals surface area contributed by atoms with E-state index < -0.39 is 24.3 Å². The van der Waals surface area contributed by atoms with E-state index in [0.29, 0.717) is 45.6 Å². The molecule has 2 saturated heterocycles. The number of carboxylic acids is 1. The Morgan fingerprint density at radius 3 is 2.18 bits per heavy atom. The number of piperidine rings is 1. The Balaban J connectivity index is 1.53. The average Bonchev–Trinajstić information content (AvgIpc) is 2.75. The van der Waals surface area contributed by atoms with Crippen molar-refractivity contribution in [3.05, 3.63) is 34.9 Å². The van der Waals surface area contributed by atoms with Gasteiger partial charge >= 0.3 is 18.2 Å². The molecule has 1 aromatic rings. The molecule has 0 radical (unpaired) electrons. The topological polar surface area (TPSA) is 73.3 Å². The molecule has 0 aliphatic carbocycles. The third kappa shape index (κ3) is 7.07. The molecule has 2 fully saturated rings. The molecule has 1 atom stereocenters. The largest absolute Gasteiger partial charge is 0.481 e. The van der Waals surface area contributed by atoms with E-state index in [9.17, 15) is 27.9 Å². The number of carboxylic acid groups (broad SMARTS) is 1. The van der Waals surface area contributed by atoms with Gasteiger partial charge in [0.1, 0.15) is 0 Å². The Kier molecular flexibility index (Phi) is 8.23. The Bertz CT molecular complexity index is 833. The number of aryl methyl sites for hydroxylation is 1. The van der Waals surface area contributed by atoms with Gasteiger partial charge in [0.2, 0.25) is 0 Å². The summed E-state index contributed by atoms with van der Waals surface area (Å²) in [5.41, 5.74) is 3.52. The number of hydrogen-bond donors (Lipinski definition) is 1. The van der Waals surface area contributed by atoms with E-state index in [1.54, 1.807) is 0 Å². The maximum atomic E-state index is 12.6. The summed E-state index contributed by atoms with van der Waals surface area (Å²) in [5.74, 6) is -0.984. The average molecular weight is 472 g/mol. The first kappa shape index (κ1) is 25.3. The monoisotopic (exact) mass is 471 g/mol. The van der Waals surface area contributed by atoms with Crippen LogP contribution in [0.5, 0.6) is 0 Å². The van der Waals surface area contributed by atoms with Crippen LogP contribution in [-0.4, -0.2) is 83.4 Å². The first-order valence-electron chi connectivity index (χ1n) is 11.3. The molecule has 10 heteroatoms. The van der Waals surface area contributed by atoms with Gasteiger partial charge in [-0.2, -0.15) is 13.2 Å². The predicted octanol–water partition coefficient (Wildman–Crippen LogP) is 3.50. The number of halogens is 3.